The highest BCUT2D eigenvalue weighted by Gasteiger charge is 2.32. The van der Waals surface area contributed by atoms with Crippen molar-refractivity contribution in [1.82, 2.24) is 15.0 Å². The Kier molecular flexibility index (Phi) is 3.04. The third-order valence-electron chi connectivity index (χ3n) is 2.84. The number of hydrogen-bond donors (Lipinski definition) is 2. The molecule has 94 valence electrons. The fraction of sp³-hybridized carbons (Fsp3) is 0.727. The molecule has 3 N–H and O–H groups in total. The molecule has 0 bridgehead atoms. The molecule has 1 saturated carbocycles. The Morgan fingerprint density at radius 1 is 1.29 bits per heavy atom. The Morgan fingerprint density at radius 2 is 2.00 bits per heavy atom. The van der Waals surface area contributed by atoms with E-state index >= 15 is 0 Å². The highest BCUT2D eigenvalue weighted by atomic mass is 16.5. The summed E-state index contributed by atoms with van der Waals surface area (Å²) in [4.78, 5) is 12.2. The first-order valence-electron chi connectivity index (χ1n) is 5.93. The van der Waals surface area contributed by atoms with Gasteiger partial charge < -0.3 is 15.8 Å². The topological polar surface area (TPSA) is 86.0 Å². The molecule has 1 fully saturated rings. The van der Waals surface area contributed by atoms with Gasteiger partial charge in [-0.2, -0.15) is 15.0 Å². The second-order valence-electron chi connectivity index (χ2n) is 5.01. The molecule has 0 aromatic carbocycles. The molecular formula is C11H19N5O. The molecule has 0 amide bonds. The molecule has 2 rings (SSSR count). The van der Waals surface area contributed by atoms with Crippen LogP contribution in [0.15, 0.2) is 0 Å². The molecule has 17 heavy (non-hydrogen) atoms. The van der Waals surface area contributed by atoms with Crippen molar-refractivity contribution < 1.29 is 4.74 Å². The lowest BCUT2D eigenvalue weighted by Crippen LogP contribution is -2.42. The Labute approximate surface area is 101 Å². The van der Waals surface area contributed by atoms with Crippen LogP contribution in [0.4, 0.5) is 11.9 Å². The van der Waals surface area contributed by atoms with Crippen LogP contribution >= 0.6 is 0 Å². The van der Waals surface area contributed by atoms with Gasteiger partial charge in [-0.3, -0.25) is 0 Å². The van der Waals surface area contributed by atoms with Gasteiger partial charge in [0.05, 0.1) is 6.10 Å². The van der Waals surface area contributed by atoms with E-state index in [1.54, 1.807) is 0 Å². The predicted octanol–water partition coefficient (Wildman–Crippen LogP) is 1.60. The second kappa shape index (κ2) is 4.35. The van der Waals surface area contributed by atoms with Crippen LogP contribution in [0.2, 0.25) is 0 Å². The van der Waals surface area contributed by atoms with Crippen LogP contribution in [0, 0.1) is 0 Å². The zero-order valence-electron chi connectivity index (χ0n) is 10.5. The highest BCUT2D eigenvalue weighted by molar-refractivity contribution is 5.36. The SMILES string of the molecule is CC(C)Oc1nc(N)nc(NC2(C)CCC2)n1. The van der Waals surface area contributed by atoms with E-state index in [0.29, 0.717) is 5.95 Å². The number of nitrogens with zero attached hydrogens (tertiary/aromatic N) is 3. The van der Waals surface area contributed by atoms with Crippen molar-refractivity contribution in [2.45, 2.75) is 51.7 Å². The molecule has 1 aliphatic carbocycles. The molecule has 0 aliphatic heterocycles. The maximum absolute atomic E-state index is 5.63. The number of nitrogens with two attached hydrogens (primary N) is 1. The number of ether oxygens (including phenoxy) is 1. The van der Waals surface area contributed by atoms with Gasteiger partial charge >= 0.3 is 6.01 Å². The standard InChI is InChI=1S/C11H19N5O/c1-7(2)17-10-14-8(12)13-9(15-10)16-11(3)5-4-6-11/h7H,4-6H2,1-3H3,(H3,12,13,14,15,16). The van der Waals surface area contributed by atoms with Crippen LogP contribution < -0.4 is 15.8 Å². The minimum absolute atomic E-state index is 0.0175. The average molecular weight is 237 g/mol. The first kappa shape index (κ1) is 11.9. The van der Waals surface area contributed by atoms with Gasteiger partial charge in [-0.15, -0.1) is 0 Å². The van der Waals surface area contributed by atoms with Gasteiger partial charge in [0.1, 0.15) is 0 Å². The van der Waals surface area contributed by atoms with Crippen molar-refractivity contribution >= 4 is 11.9 Å². The van der Waals surface area contributed by atoms with E-state index in [2.05, 4.69) is 27.2 Å². The third kappa shape index (κ3) is 2.95. The summed E-state index contributed by atoms with van der Waals surface area (Å²) in [6.45, 7) is 5.99. The molecule has 0 spiro atoms. The number of anilines is 2. The normalized spacial score (nSPS) is 17.6. The summed E-state index contributed by atoms with van der Waals surface area (Å²) in [6.07, 6.45) is 3.50. The number of rotatable bonds is 4. The van der Waals surface area contributed by atoms with Gasteiger partial charge in [0.2, 0.25) is 11.9 Å². The lowest BCUT2D eigenvalue weighted by molar-refractivity contribution is 0.222. The van der Waals surface area contributed by atoms with Gasteiger partial charge in [0.15, 0.2) is 0 Å². The lowest BCUT2D eigenvalue weighted by atomic mass is 9.79. The molecule has 0 atom stereocenters. The van der Waals surface area contributed by atoms with Gasteiger partial charge in [-0.1, -0.05) is 0 Å². The summed E-state index contributed by atoms with van der Waals surface area (Å²) in [7, 11) is 0. The summed E-state index contributed by atoms with van der Waals surface area (Å²) >= 11 is 0. The molecule has 6 nitrogen and oxygen atoms in total. The predicted molar refractivity (Wildman–Crippen MR) is 65.9 cm³/mol. The van der Waals surface area contributed by atoms with Crippen LogP contribution in [0.5, 0.6) is 6.01 Å². The molecule has 0 radical (unpaired) electrons. The Morgan fingerprint density at radius 3 is 2.53 bits per heavy atom. The number of nitrogen functional groups attached to an aromatic ring is 1. The Hall–Kier alpha value is -1.59. The largest absolute Gasteiger partial charge is 0.461 e. The van der Waals surface area contributed by atoms with E-state index in [9.17, 15) is 0 Å². The van der Waals surface area contributed by atoms with E-state index < -0.39 is 0 Å². The molecule has 1 aliphatic rings. The van der Waals surface area contributed by atoms with Crippen LogP contribution in [-0.2, 0) is 0 Å². The quantitative estimate of drug-likeness (QED) is 0.827. The summed E-state index contributed by atoms with van der Waals surface area (Å²) in [5, 5.41) is 3.29. The smallest absolute Gasteiger partial charge is 0.323 e. The fourth-order valence-corrected chi connectivity index (χ4v) is 1.79. The second-order valence-corrected chi connectivity index (χ2v) is 5.01. The molecular weight excluding hydrogens is 218 g/mol. The minimum atomic E-state index is 0.0175. The number of aromatic nitrogens is 3. The molecule has 1 aromatic rings. The molecule has 6 heteroatoms. The Balaban J connectivity index is 2.13. The third-order valence-corrected chi connectivity index (χ3v) is 2.84. The zero-order chi connectivity index (χ0) is 12.5. The van der Waals surface area contributed by atoms with Crippen molar-refractivity contribution in [3.8, 4) is 6.01 Å². The van der Waals surface area contributed by atoms with Gasteiger partial charge in [-0.25, -0.2) is 0 Å². The highest BCUT2D eigenvalue weighted by Crippen LogP contribution is 2.33. The minimum Gasteiger partial charge on any atom is -0.461 e. The monoisotopic (exact) mass is 237 g/mol. The average Bonchev–Trinajstić information content (AvgIpc) is 2.12. The van der Waals surface area contributed by atoms with Crippen LogP contribution in [-0.4, -0.2) is 26.6 Å². The van der Waals surface area contributed by atoms with Crippen LogP contribution in [0.3, 0.4) is 0 Å². The van der Waals surface area contributed by atoms with Crippen molar-refractivity contribution in [1.29, 1.82) is 0 Å². The van der Waals surface area contributed by atoms with E-state index in [1.165, 1.54) is 6.42 Å². The van der Waals surface area contributed by atoms with Crippen molar-refractivity contribution in [3.05, 3.63) is 0 Å². The molecule has 0 unspecified atom stereocenters. The van der Waals surface area contributed by atoms with Gasteiger partial charge in [0, 0.05) is 5.54 Å². The van der Waals surface area contributed by atoms with E-state index in [-0.39, 0.29) is 23.6 Å². The van der Waals surface area contributed by atoms with Gasteiger partial charge in [-0.05, 0) is 40.0 Å². The molecule has 1 aromatic heterocycles. The lowest BCUT2D eigenvalue weighted by Gasteiger charge is -2.39. The van der Waals surface area contributed by atoms with E-state index in [4.69, 9.17) is 10.5 Å². The first-order chi connectivity index (χ1) is 7.97. The number of hydrogen-bond acceptors (Lipinski definition) is 6. The van der Waals surface area contributed by atoms with Crippen molar-refractivity contribution in [3.63, 3.8) is 0 Å². The Bertz CT molecular complexity index is 403. The fourth-order valence-electron chi connectivity index (χ4n) is 1.79. The van der Waals surface area contributed by atoms with Gasteiger partial charge in [0.25, 0.3) is 0 Å². The maximum atomic E-state index is 5.63. The summed E-state index contributed by atoms with van der Waals surface area (Å²) < 4.78 is 5.42. The first-order valence-corrected chi connectivity index (χ1v) is 5.93. The van der Waals surface area contributed by atoms with Crippen molar-refractivity contribution in [2.75, 3.05) is 11.1 Å². The summed E-state index contributed by atoms with van der Waals surface area (Å²) in [5.41, 5.74) is 5.72. The molecule has 0 saturated heterocycles. The van der Waals surface area contributed by atoms with E-state index in [0.717, 1.165) is 12.8 Å². The van der Waals surface area contributed by atoms with Crippen LogP contribution in [0.25, 0.3) is 0 Å². The number of nitrogens with one attached hydrogen (secondary N) is 1. The van der Waals surface area contributed by atoms with Crippen LogP contribution in [0.1, 0.15) is 40.0 Å². The zero-order valence-corrected chi connectivity index (χ0v) is 10.5. The van der Waals surface area contributed by atoms with Crippen molar-refractivity contribution in [2.24, 2.45) is 0 Å². The molecule has 1 heterocycles. The van der Waals surface area contributed by atoms with E-state index in [1.807, 2.05) is 13.8 Å². The maximum Gasteiger partial charge on any atom is 0.323 e. The summed E-state index contributed by atoms with van der Waals surface area (Å²) in [5.74, 6) is 0.677. The summed E-state index contributed by atoms with van der Waals surface area (Å²) in [6, 6.07) is 0.276.